The summed E-state index contributed by atoms with van der Waals surface area (Å²) in [5, 5.41) is 0. The van der Waals surface area contributed by atoms with Crippen molar-refractivity contribution in [3.8, 4) is 0 Å². The van der Waals surface area contributed by atoms with Gasteiger partial charge in [-0.25, -0.2) is 0 Å². The molecule has 0 bridgehead atoms. The maximum atomic E-state index is 0. The number of hydrogen-bond acceptors (Lipinski definition) is 0. The topological polar surface area (TPSA) is 0 Å². The summed E-state index contributed by atoms with van der Waals surface area (Å²) in [6.45, 7) is 0. The number of rotatable bonds is 0. The van der Waals surface area contributed by atoms with E-state index >= 15 is 0 Å². The fourth-order valence-corrected chi connectivity index (χ4v) is 0. The third kappa shape index (κ3) is 9.01. The Morgan fingerprint density at radius 1 is 1.00 bits per heavy atom. The van der Waals surface area contributed by atoms with Crippen molar-refractivity contribution >= 4 is 28.3 Å². The largest absolute Gasteiger partial charge is 0.187 e. The zero-order valence-electron chi connectivity index (χ0n) is 0.802. The summed E-state index contributed by atoms with van der Waals surface area (Å²) >= 11 is 0. The van der Waals surface area contributed by atoms with Crippen LogP contribution in [0.15, 0.2) is 0 Å². The van der Waals surface area contributed by atoms with Gasteiger partial charge >= 0.3 is 0 Å². The van der Waals surface area contributed by atoms with E-state index in [4.69, 9.17) is 0 Å². The van der Waals surface area contributed by atoms with E-state index in [9.17, 15) is 0 Å². The first-order valence-electron chi connectivity index (χ1n) is 0. The van der Waals surface area contributed by atoms with Crippen LogP contribution in [0.25, 0.3) is 0 Å². The van der Waals surface area contributed by atoms with Crippen LogP contribution in [-0.2, 0) is 38.8 Å². The van der Waals surface area contributed by atoms with Gasteiger partial charge in [-0.2, -0.15) is 0 Å². The van der Waals surface area contributed by atoms with Gasteiger partial charge in [0.05, 0.1) is 0 Å². The molecular formula is H7AlCuSiTi. The molecule has 0 amide bonds. The van der Waals surface area contributed by atoms with E-state index in [2.05, 4.69) is 0 Å². The molecule has 0 heterocycles. The molecule has 0 nitrogen and oxygen atoms in total. The maximum Gasteiger partial charge on any atom is 0.187 e. The Bertz CT molecular complexity index is 8.00. The van der Waals surface area contributed by atoms with E-state index in [1.165, 1.54) is 0 Å². The summed E-state index contributed by atoms with van der Waals surface area (Å²) in [7, 11) is 0. The van der Waals surface area contributed by atoms with Crippen molar-refractivity contribution in [1.29, 1.82) is 0 Å². The van der Waals surface area contributed by atoms with Crippen LogP contribution in [0.4, 0.5) is 0 Å². The van der Waals surface area contributed by atoms with Crippen LogP contribution >= 0.6 is 0 Å². The van der Waals surface area contributed by atoms with Crippen LogP contribution in [0.5, 0.6) is 0 Å². The molecule has 4 heteroatoms. The Morgan fingerprint density at radius 2 is 1.00 bits per heavy atom. The van der Waals surface area contributed by atoms with Gasteiger partial charge in [-0.15, -0.1) is 0 Å². The Morgan fingerprint density at radius 3 is 1.00 bits per heavy atom. The van der Waals surface area contributed by atoms with E-state index in [1.807, 2.05) is 0 Å². The van der Waals surface area contributed by atoms with Gasteiger partial charge in [0, 0.05) is 38.8 Å². The van der Waals surface area contributed by atoms with E-state index in [0.29, 0.717) is 0 Å². The Hall–Kier alpha value is 1.98. The first-order chi connectivity index (χ1) is 0. The van der Waals surface area contributed by atoms with Crippen molar-refractivity contribution in [2.75, 3.05) is 0 Å². The van der Waals surface area contributed by atoms with E-state index < -0.39 is 0 Å². The molecule has 4 heavy (non-hydrogen) atoms. The molecule has 0 aliphatic rings. The van der Waals surface area contributed by atoms with Gasteiger partial charge in [-0.05, 0) is 11.0 Å². The minimum Gasteiger partial charge on any atom is -0.0149 e. The van der Waals surface area contributed by atoms with Crippen molar-refractivity contribution in [2.24, 2.45) is 0 Å². The summed E-state index contributed by atoms with van der Waals surface area (Å²) in [6.07, 6.45) is 0. The summed E-state index contributed by atoms with van der Waals surface area (Å²) < 4.78 is 0. The van der Waals surface area contributed by atoms with Crippen molar-refractivity contribution in [3.05, 3.63) is 0 Å². The van der Waals surface area contributed by atoms with E-state index in [0.717, 1.165) is 0 Å². The monoisotopic (exact) mass is 173 g/mol. The van der Waals surface area contributed by atoms with E-state index in [1.54, 1.807) is 0 Å². The van der Waals surface area contributed by atoms with Gasteiger partial charge < -0.3 is 0 Å². The second-order valence-corrected chi connectivity index (χ2v) is 0. The molecule has 0 atom stereocenters. The Kier molecular flexibility index (Phi) is 190. The molecule has 29 valence electrons. The predicted octanol–water partition coefficient (Wildman–Crippen LogP) is -2.64. The Labute approximate surface area is 66.6 Å². The molecule has 0 aliphatic heterocycles. The Balaban J connectivity index is 0. The molecule has 0 aliphatic carbocycles. The van der Waals surface area contributed by atoms with Gasteiger partial charge in [-0.3, -0.25) is 0 Å². The van der Waals surface area contributed by atoms with Crippen molar-refractivity contribution < 1.29 is 38.8 Å². The molecule has 1 radical (unpaired) electrons. The van der Waals surface area contributed by atoms with Gasteiger partial charge in [0.25, 0.3) is 0 Å². The summed E-state index contributed by atoms with van der Waals surface area (Å²) in [5.41, 5.74) is 0. The molecule has 0 aromatic heterocycles. The molecule has 0 rings (SSSR count). The summed E-state index contributed by atoms with van der Waals surface area (Å²) in [5.74, 6) is 0. The second kappa shape index (κ2) is 20.1. The van der Waals surface area contributed by atoms with E-state index in [-0.39, 0.29) is 67.1 Å². The molecule has 0 saturated carbocycles. The molecule has 0 N–H and O–H groups in total. The van der Waals surface area contributed by atoms with Gasteiger partial charge in [0.2, 0.25) is 0 Å². The van der Waals surface area contributed by atoms with Crippen LogP contribution in [0.1, 0.15) is 0 Å². The molecule has 0 unspecified atom stereocenters. The van der Waals surface area contributed by atoms with Gasteiger partial charge in [-0.1, -0.05) is 0 Å². The SMILES string of the molecule is [AlH3].[Cu].[SiH4].[Ti]. The second-order valence-electron chi connectivity index (χ2n) is 0. The fourth-order valence-electron chi connectivity index (χ4n) is 0. The van der Waals surface area contributed by atoms with Crippen molar-refractivity contribution in [3.63, 3.8) is 0 Å². The first kappa shape index (κ1) is 37.8. The van der Waals surface area contributed by atoms with Gasteiger partial charge in [0.1, 0.15) is 0 Å². The standard InChI is InChI=1S/Al.Cu.H4Si.Ti.3H/h;;1H4;;;;. The van der Waals surface area contributed by atoms with Crippen LogP contribution in [0, 0.1) is 0 Å². The van der Waals surface area contributed by atoms with Crippen molar-refractivity contribution in [1.82, 2.24) is 0 Å². The third-order valence-corrected chi connectivity index (χ3v) is 0. The molecule has 0 saturated heterocycles. The minimum atomic E-state index is 0. The molecule has 0 spiro atoms. The number of hydrogen-bond donors (Lipinski definition) is 0. The fraction of sp³-hybridized carbons (Fsp3) is 0. The van der Waals surface area contributed by atoms with Crippen LogP contribution in [-0.4, -0.2) is 28.3 Å². The molecule has 0 aromatic carbocycles. The smallest absolute Gasteiger partial charge is 0.0149 e. The molecule has 0 fully saturated rings. The molecular weight excluding hydrogens is 166 g/mol. The predicted molar refractivity (Wildman–Crippen MR) is 21.3 cm³/mol. The maximum absolute atomic E-state index is 0. The first-order valence-corrected chi connectivity index (χ1v) is 0. The minimum absolute atomic E-state index is 0. The zero-order valence-corrected chi connectivity index (χ0v) is 3.30. The average Bonchev–Trinajstić information content (AvgIpc) is 0. The van der Waals surface area contributed by atoms with Crippen molar-refractivity contribution in [2.45, 2.75) is 0 Å². The normalized spacial score (nSPS) is 0. The average molecular weight is 174 g/mol. The quantitative estimate of drug-likeness (QED) is 0.352. The van der Waals surface area contributed by atoms with Crippen LogP contribution in [0.2, 0.25) is 0 Å². The third-order valence-electron chi connectivity index (χ3n) is 0. The summed E-state index contributed by atoms with van der Waals surface area (Å²) in [6, 6.07) is 0. The van der Waals surface area contributed by atoms with Crippen LogP contribution < -0.4 is 0 Å². The molecule has 0 aromatic rings. The van der Waals surface area contributed by atoms with Crippen LogP contribution in [0.3, 0.4) is 0 Å². The zero-order chi connectivity index (χ0) is 0. The van der Waals surface area contributed by atoms with Gasteiger partial charge in [0.15, 0.2) is 17.4 Å². The summed E-state index contributed by atoms with van der Waals surface area (Å²) in [4.78, 5) is 0.